The molecule has 2 amide bonds. The highest BCUT2D eigenvalue weighted by molar-refractivity contribution is 6.22. The third kappa shape index (κ3) is 2.71. The monoisotopic (exact) mass is 284 g/mol. The Kier molecular flexibility index (Phi) is 3.53. The molecule has 1 fully saturated rings. The van der Waals surface area contributed by atoms with Crippen LogP contribution in [0.5, 0.6) is 0 Å². The van der Waals surface area contributed by atoms with E-state index in [4.69, 9.17) is 0 Å². The van der Waals surface area contributed by atoms with Crippen molar-refractivity contribution in [1.82, 2.24) is 15.1 Å². The molecule has 3 rings (SSSR count). The highest BCUT2D eigenvalue weighted by Gasteiger charge is 2.39. The number of imide groups is 1. The van der Waals surface area contributed by atoms with E-state index in [1.807, 2.05) is 31.4 Å². The summed E-state index contributed by atoms with van der Waals surface area (Å²) in [5, 5.41) is 7.20. The van der Waals surface area contributed by atoms with Gasteiger partial charge in [0.25, 0.3) is 5.91 Å². The van der Waals surface area contributed by atoms with E-state index in [9.17, 15) is 9.59 Å². The molecule has 0 radical (unpaired) electrons. The summed E-state index contributed by atoms with van der Waals surface area (Å²) in [6, 6.07) is 8.53. The van der Waals surface area contributed by atoms with Gasteiger partial charge in [-0.1, -0.05) is 18.2 Å². The number of nitrogens with one attached hydrogen (secondary N) is 1. The van der Waals surface area contributed by atoms with Crippen molar-refractivity contribution in [3.63, 3.8) is 0 Å². The van der Waals surface area contributed by atoms with Gasteiger partial charge < -0.3 is 5.32 Å². The van der Waals surface area contributed by atoms with Gasteiger partial charge in [0, 0.05) is 25.4 Å². The fourth-order valence-corrected chi connectivity index (χ4v) is 2.44. The summed E-state index contributed by atoms with van der Waals surface area (Å²) in [7, 11) is 1.84. The molecule has 0 aliphatic carbocycles. The summed E-state index contributed by atoms with van der Waals surface area (Å²) >= 11 is 0. The van der Waals surface area contributed by atoms with Gasteiger partial charge in [-0.2, -0.15) is 5.10 Å². The van der Waals surface area contributed by atoms with Crippen LogP contribution in [0.4, 0.5) is 5.69 Å². The van der Waals surface area contributed by atoms with Gasteiger partial charge in [0.1, 0.15) is 0 Å². The number of amides is 2. The molecule has 0 spiro atoms. The Balaban J connectivity index is 1.69. The highest BCUT2D eigenvalue weighted by atomic mass is 16.2. The third-order valence-corrected chi connectivity index (χ3v) is 3.47. The Labute approximate surface area is 122 Å². The van der Waals surface area contributed by atoms with Gasteiger partial charge in [0.2, 0.25) is 5.91 Å². The number of hydrogen-bond donors (Lipinski definition) is 1. The maximum absolute atomic E-state index is 12.4. The zero-order chi connectivity index (χ0) is 14.8. The zero-order valence-electron chi connectivity index (χ0n) is 11.7. The number of anilines is 1. The number of hydrogen-bond acceptors (Lipinski definition) is 4. The maximum atomic E-state index is 12.4. The fraction of sp³-hybridized carbons (Fsp3) is 0.267. The van der Waals surface area contributed by atoms with Crippen LogP contribution in [0.1, 0.15) is 12.0 Å². The van der Waals surface area contributed by atoms with Crippen molar-refractivity contribution in [3.05, 3.63) is 48.3 Å². The summed E-state index contributed by atoms with van der Waals surface area (Å²) in [5.41, 5.74) is 1.61. The predicted octanol–water partition coefficient (Wildman–Crippen LogP) is 0.842. The van der Waals surface area contributed by atoms with E-state index >= 15 is 0 Å². The van der Waals surface area contributed by atoms with Gasteiger partial charge in [-0.3, -0.25) is 14.3 Å². The summed E-state index contributed by atoms with van der Waals surface area (Å²) < 4.78 is 1.70. The van der Waals surface area contributed by atoms with Gasteiger partial charge in [0.15, 0.2) is 0 Å². The quantitative estimate of drug-likeness (QED) is 0.845. The summed E-state index contributed by atoms with van der Waals surface area (Å²) in [5.74, 6) is -0.370. The molecule has 1 unspecified atom stereocenters. The van der Waals surface area contributed by atoms with Crippen molar-refractivity contribution in [2.45, 2.75) is 19.0 Å². The van der Waals surface area contributed by atoms with Gasteiger partial charge >= 0.3 is 0 Å². The molecule has 1 N–H and O–H groups in total. The molecule has 1 atom stereocenters. The van der Waals surface area contributed by atoms with Gasteiger partial charge in [-0.25, -0.2) is 4.90 Å². The Morgan fingerprint density at radius 3 is 2.71 bits per heavy atom. The minimum absolute atomic E-state index is 0.171. The molecule has 6 nitrogen and oxygen atoms in total. The number of rotatable bonds is 4. The normalized spacial score (nSPS) is 18.5. The van der Waals surface area contributed by atoms with Crippen molar-refractivity contribution in [2.24, 2.45) is 7.05 Å². The first kappa shape index (κ1) is 13.5. The molecule has 2 heterocycles. The Morgan fingerprint density at radius 2 is 2.05 bits per heavy atom. The topological polar surface area (TPSA) is 67.2 Å². The first-order chi connectivity index (χ1) is 10.1. The van der Waals surface area contributed by atoms with E-state index in [1.54, 1.807) is 23.0 Å². The van der Waals surface area contributed by atoms with Crippen molar-refractivity contribution in [2.75, 3.05) is 4.90 Å². The van der Waals surface area contributed by atoms with Crippen LogP contribution in [0, 0.1) is 0 Å². The number of para-hydroxylation sites is 1. The molecular weight excluding hydrogens is 268 g/mol. The number of nitrogens with zero attached hydrogens (tertiary/aromatic N) is 3. The molecule has 0 saturated carbocycles. The van der Waals surface area contributed by atoms with Crippen LogP contribution in [0.3, 0.4) is 0 Å². The average Bonchev–Trinajstić information content (AvgIpc) is 3.01. The summed E-state index contributed by atoms with van der Waals surface area (Å²) in [4.78, 5) is 25.7. The first-order valence-electron chi connectivity index (χ1n) is 6.78. The van der Waals surface area contributed by atoms with Crippen LogP contribution in [-0.4, -0.2) is 27.6 Å². The second-order valence-corrected chi connectivity index (χ2v) is 5.06. The number of aryl methyl sites for hydroxylation is 1. The molecule has 108 valence electrons. The third-order valence-electron chi connectivity index (χ3n) is 3.47. The molecule has 21 heavy (non-hydrogen) atoms. The van der Waals surface area contributed by atoms with Crippen LogP contribution in [0.2, 0.25) is 0 Å². The van der Waals surface area contributed by atoms with Gasteiger partial charge in [-0.05, 0) is 12.1 Å². The molecule has 1 aliphatic rings. The minimum atomic E-state index is -0.474. The largest absolute Gasteiger partial charge is 0.301 e. The minimum Gasteiger partial charge on any atom is -0.301 e. The second kappa shape index (κ2) is 5.49. The summed E-state index contributed by atoms with van der Waals surface area (Å²) in [6.45, 7) is 0.514. The van der Waals surface area contributed by atoms with Crippen molar-refractivity contribution in [1.29, 1.82) is 0 Å². The maximum Gasteiger partial charge on any atom is 0.251 e. The summed E-state index contributed by atoms with van der Waals surface area (Å²) in [6.07, 6.45) is 3.81. The Hall–Kier alpha value is -2.47. The van der Waals surface area contributed by atoms with E-state index in [0.717, 1.165) is 5.56 Å². The molecule has 1 aromatic carbocycles. The number of carbonyl (C=O) groups excluding carboxylic acids is 2. The SMILES string of the molecule is Cn1cc(CNC2CC(=O)N(c3ccccc3)C2=O)cn1. The lowest BCUT2D eigenvalue weighted by Gasteiger charge is -2.15. The lowest BCUT2D eigenvalue weighted by atomic mass is 10.2. The molecule has 6 heteroatoms. The standard InChI is InChI=1S/C15H16N4O2/c1-18-10-11(9-17-18)8-16-13-7-14(20)19(15(13)21)12-5-3-2-4-6-12/h2-6,9-10,13,16H,7-8H2,1H3. The van der Waals surface area contributed by atoms with Gasteiger partial charge in [-0.15, -0.1) is 0 Å². The molecule has 1 saturated heterocycles. The van der Waals surface area contributed by atoms with Crippen molar-refractivity contribution in [3.8, 4) is 0 Å². The van der Waals surface area contributed by atoms with Gasteiger partial charge in [0.05, 0.1) is 24.3 Å². The molecule has 0 bridgehead atoms. The molecular formula is C15H16N4O2. The first-order valence-corrected chi connectivity index (χ1v) is 6.78. The van der Waals surface area contributed by atoms with Crippen LogP contribution >= 0.6 is 0 Å². The number of aromatic nitrogens is 2. The van der Waals surface area contributed by atoms with E-state index in [-0.39, 0.29) is 18.2 Å². The number of benzene rings is 1. The van der Waals surface area contributed by atoms with Crippen LogP contribution in [0.25, 0.3) is 0 Å². The Morgan fingerprint density at radius 1 is 1.29 bits per heavy atom. The molecule has 2 aromatic rings. The van der Waals surface area contributed by atoms with E-state index in [1.165, 1.54) is 4.90 Å². The zero-order valence-corrected chi connectivity index (χ0v) is 11.7. The van der Waals surface area contributed by atoms with Crippen LogP contribution in [-0.2, 0) is 23.2 Å². The molecule has 1 aromatic heterocycles. The Bertz CT molecular complexity index is 665. The van der Waals surface area contributed by atoms with Crippen LogP contribution in [0.15, 0.2) is 42.7 Å². The van der Waals surface area contributed by atoms with Crippen LogP contribution < -0.4 is 10.2 Å². The lowest BCUT2D eigenvalue weighted by Crippen LogP contribution is -2.38. The smallest absolute Gasteiger partial charge is 0.251 e. The average molecular weight is 284 g/mol. The van der Waals surface area contributed by atoms with Crippen molar-refractivity contribution >= 4 is 17.5 Å². The van der Waals surface area contributed by atoms with E-state index in [2.05, 4.69) is 10.4 Å². The van der Waals surface area contributed by atoms with E-state index in [0.29, 0.717) is 12.2 Å². The fourth-order valence-electron chi connectivity index (χ4n) is 2.44. The predicted molar refractivity (Wildman–Crippen MR) is 77.4 cm³/mol. The number of carbonyl (C=O) groups is 2. The highest BCUT2D eigenvalue weighted by Crippen LogP contribution is 2.22. The van der Waals surface area contributed by atoms with E-state index < -0.39 is 6.04 Å². The van der Waals surface area contributed by atoms with Crippen molar-refractivity contribution < 1.29 is 9.59 Å². The lowest BCUT2D eigenvalue weighted by molar-refractivity contribution is -0.121. The second-order valence-electron chi connectivity index (χ2n) is 5.06. The molecule has 1 aliphatic heterocycles.